The number of fused-ring (bicyclic) bond motifs is 1. The van der Waals surface area contributed by atoms with Gasteiger partial charge in [-0.3, -0.25) is 4.79 Å². The largest absolute Gasteiger partial charge is 0.496 e. The molecule has 3 heteroatoms. The number of rotatable bonds is 4. The smallest absolute Gasteiger partial charge is 0.173 e. The lowest BCUT2D eigenvalue weighted by atomic mass is 9.84. The van der Waals surface area contributed by atoms with Gasteiger partial charge in [0, 0.05) is 11.3 Å². The number of hydrogen-bond acceptors (Lipinski definition) is 2. The van der Waals surface area contributed by atoms with E-state index in [1.165, 1.54) is 0 Å². The summed E-state index contributed by atoms with van der Waals surface area (Å²) in [7, 11) is 1.58. The van der Waals surface area contributed by atoms with E-state index >= 15 is 0 Å². The van der Waals surface area contributed by atoms with Crippen molar-refractivity contribution in [3.05, 3.63) is 42.0 Å². The van der Waals surface area contributed by atoms with Crippen LogP contribution in [0.25, 0.3) is 10.8 Å². The molecule has 2 aromatic rings. The Hall–Kier alpha value is -1.54. The molecule has 2 rings (SSSR count). The van der Waals surface area contributed by atoms with Crippen LogP contribution < -0.4 is 4.74 Å². The molecule has 0 aliphatic carbocycles. The summed E-state index contributed by atoms with van der Waals surface area (Å²) in [4.78, 5) is 12.7. The number of methoxy groups -OCH3 is 1. The molecular formula is C16H17ClO2. The van der Waals surface area contributed by atoms with Gasteiger partial charge in [-0.1, -0.05) is 44.2 Å². The summed E-state index contributed by atoms with van der Waals surface area (Å²) in [6.45, 7) is 3.70. The van der Waals surface area contributed by atoms with Crippen LogP contribution in [0.15, 0.2) is 36.4 Å². The minimum absolute atomic E-state index is 0.0103. The quantitative estimate of drug-likeness (QED) is 0.615. The summed E-state index contributed by atoms with van der Waals surface area (Å²) >= 11 is 5.92. The molecule has 0 aliphatic rings. The second-order valence-corrected chi connectivity index (χ2v) is 5.48. The fraction of sp³-hybridized carbons (Fsp3) is 0.312. The summed E-state index contributed by atoms with van der Waals surface area (Å²) in [5, 5.41) is 1.93. The number of hydrogen-bond donors (Lipinski definition) is 0. The molecule has 100 valence electrons. The molecule has 0 unspecified atom stereocenters. The van der Waals surface area contributed by atoms with E-state index in [0.29, 0.717) is 11.3 Å². The lowest BCUT2D eigenvalue weighted by molar-refractivity contribution is 0.0860. The highest BCUT2D eigenvalue weighted by Gasteiger charge is 2.31. The van der Waals surface area contributed by atoms with Crippen LogP contribution in [0, 0.1) is 5.41 Å². The van der Waals surface area contributed by atoms with Gasteiger partial charge in [-0.25, -0.2) is 0 Å². The first-order valence-corrected chi connectivity index (χ1v) is 6.71. The molecule has 0 N–H and O–H groups in total. The number of benzene rings is 2. The summed E-state index contributed by atoms with van der Waals surface area (Å²) in [5.74, 6) is 0.885. The zero-order chi connectivity index (χ0) is 14.0. The van der Waals surface area contributed by atoms with Crippen LogP contribution in [0.3, 0.4) is 0 Å². The highest BCUT2D eigenvalue weighted by Crippen LogP contribution is 2.34. The van der Waals surface area contributed by atoms with Crippen molar-refractivity contribution in [3.63, 3.8) is 0 Å². The van der Waals surface area contributed by atoms with Crippen molar-refractivity contribution >= 4 is 28.2 Å². The minimum atomic E-state index is -0.612. The molecule has 0 spiro atoms. The van der Waals surface area contributed by atoms with E-state index in [-0.39, 0.29) is 11.7 Å². The predicted molar refractivity (Wildman–Crippen MR) is 79.3 cm³/mol. The molecule has 0 aromatic heterocycles. The first-order chi connectivity index (χ1) is 9.01. The Morgan fingerprint density at radius 1 is 1.21 bits per heavy atom. The van der Waals surface area contributed by atoms with Crippen LogP contribution in [-0.4, -0.2) is 18.8 Å². The monoisotopic (exact) mass is 276 g/mol. The van der Waals surface area contributed by atoms with Gasteiger partial charge in [0.25, 0.3) is 0 Å². The van der Waals surface area contributed by atoms with Gasteiger partial charge in [0.1, 0.15) is 5.75 Å². The lowest BCUT2D eigenvalue weighted by Gasteiger charge is -2.22. The van der Waals surface area contributed by atoms with Gasteiger partial charge in [-0.05, 0) is 16.8 Å². The molecule has 19 heavy (non-hydrogen) atoms. The van der Waals surface area contributed by atoms with Crippen LogP contribution in [0.4, 0.5) is 0 Å². The number of ether oxygens (including phenoxy) is 1. The number of alkyl halides is 1. The normalized spacial score (nSPS) is 11.6. The molecule has 0 fully saturated rings. The van der Waals surface area contributed by atoms with Crippen molar-refractivity contribution in [3.8, 4) is 5.75 Å². The Kier molecular flexibility index (Phi) is 3.81. The highest BCUT2D eigenvalue weighted by molar-refractivity contribution is 6.22. The zero-order valence-electron chi connectivity index (χ0n) is 11.4. The predicted octanol–water partition coefficient (Wildman–Crippen LogP) is 4.30. The molecule has 0 bridgehead atoms. The van der Waals surface area contributed by atoms with E-state index in [1.54, 1.807) is 7.11 Å². The van der Waals surface area contributed by atoms with Crippen LogP contribution in [0.5, 0.6) is 5.75 Å². The van der Waals surface area contributed by atoms with E-state index in [2.05, 4.69) is 0 Å². The molecule has 0 aliphatic heterocycles. The number of carbonyl (C=O) groups is 1. The Balaban J connectivity index is 2.73. The molecule has 0 saturated heterocycles. The molecule has 2 nitrogen and oxygen atoms in total. The van der Waals surface area contributed by atoms with Crippen molar-refractivity contribution in [1.29, 1.82) is 0 Å². The van der Waals surface area contributed by atoms with E-state index in [4.69, 9.17) is 16.3 Å². The topological polar surface area (TPSA) is 26.3 Å². The standard InChI is InChI=1S/C16H17ClO2/c1-16(2,10-17)15(18)14-12-7-5-4-6-11(12)8-9-13(14)19-3/h4-9H,10H2,1-3H3. The third-order valence-corrected chi connectivity index (χ3v) is 3.95. The van der Waals surface area contributed by atoms with Crippen LogP contribution in [0.1, 0.15) is 24.2 Å². The highest BCUT2D eigenvalue weighted by atomic mass is 35.5. The molecule has 0 saturated carbocycles. The van der Waals surface area contributed by atoms with Crippen molar-refractivity contribution in [2.24, 2.45) is 5.41 Å². The van der Waals surface area contributed by atoms with E-state index in [0.717, 1.165) is 10.8 Å². The number of carbonyl (C=O) groups excluding carboxylic acids is 1. The molecule has 0 amide bonds. The number of ketones is 1. The van der Waals surface area contributed by atoms with Crippen LogP contribution in [0.2, 0.25) is 0 Å². The second kappa shape index (κ2) is 5.22. The van der Waals surface area contributed by atoms with Crippen molar-refractivity contribution in [2.45, 2.75) is 13.8 Å². The Morgan fingerprint density at radius 3 is 2.53 bits per heavy atom. The molecular weight excluding hydrogens is 260 g/mol. The maximum absolute atomic E-state index is 12.7. The first-order valence-electron chi connectivity index (χ1n) is 6.18. The van der Waals surface area contributed by atoms with Gasteiger partial charge >= 0.3 is 0 Å². The fourth-order valence-electron chi connectivity index (χ4n) is 2.05. The van der Waals surface area contributed by atoms with E-state index in [1.807, 2.05) is 50.2 Å². The SMILES string of the molecule is COc1ccc2ccccc2c1C(=O)C(C)(C)CCl. The second-order valence-electron chi connectivity index (χ2n) is 5.21. The summed E-state index contributed by atoms with van der Waals surface area (Å²) in [6.07, 6.45) is 0. The lowest BCUT2D eigenvalue weighted by Crippen LogP contribution is -2.26. The van der Waals surface area contributed by atoms with E-state index < -0.39 is 5.41 Å². The molecule has 0 radical (unpaired) electrons. The van der Waals surface area contributed by atoms with Crippen molar-refractivity contribution < 1.29 is 9.53 Å². The Morgan fingerprint density at radius 2 is 1.89 bits per heavy atom. The minimum Gasteiger partial charge on any atom is -0.496 e. The zero-order valence-corrected chi connectivity index (χ0v) is 12.1. The summed E-state index contributed by atoms with van der Waals surface area (Å²) in [6, 6.07) is 11.6. The van der Waals surface area contributed by atoms with Gasteiger partial charge in [0.05, 0.1) is 12.7 Å². The van der Waals surface area contributed by atoms with Gasteiger partial charge < -0.3 is 4.74 Å². The van der Waals surface area contributed by atoms with Crippen molar-refractivity contribution in [1.82, 2.24) is 0 Å². The summed E-state index contributed by atoms with van der Waals surface area (Å²) < 4.78 is 5.35. The Labute approximate surface area is 118 Å². The summed E-state index contributed by atoms with van der Waals surface area (Å²) in [5.41, 5.74) is 0.00476. The molecule has 2 aromatic carbocycles. The average Bonchev–Trinajstić information content (AvgIpc) is 2.45. The van der Waals surface area contributed by atoms with Gasteiger partial charge in [-0.2, -0.15) is 0 Å². The molecule has 0 heterocycles. The maximum atomic E-state index is 12.7. The van der Waals surface area contributed by atoms with Gasteiger partial charge in [0.15, 0.2) is 5.78 Å². The third kappa shape index (κ3) is 2.45. The van der Waals surface area contributed by atoms with E-state index in [9.17, 15) is 4.79 Å². The maximum Gasteiger partial charge on any atom is 0.173 e. The van der Waals surface area contributed by atoms with Gasteiger partial charge in [-0.15, -0.1) is 11.6 Å². The third-order valence-electron chi connectivity index (χ3n) is 3.29. The average molecular weight is 277 g/mol. The fourth-order valence-corrected chi connectivity index (χ4v) is 2.18. The van der Waals surface area contributed by atoms with Gasteiger partial charge in [0.2, 0.25) is 0 Å². The molecule has 0 atom stereocenters. The van der Waals surface area contributed by atoms with Crippen LogP contribution in [-0.2, 0) is 0 Å². The first kappa shape index (κ1) is 13.9. The van der Waals surface area contributed by atoms with Crippen molar-refractivity contribution in [2.75, 3.05) is 13.0 Å². The van der Waals surface area contributed by atoms with Crippen LogP contribution >= 0.6 is 11.6 Å². The number of halogens is 1. The number of Topliss-reactive ketones (excluding diaryl/α,β-unsaturated/α-hetero) is 1. The Bertz CT molecular complexity index is 617.